The Labute approximate surface area is 123 Å². The average Bonchev–Trinajstić information content (AvgIpc) is 2.73. The zero-order valence-corrected chi connectivity index (χ0v) is 12.1. The lowest BCUT2D eigenvalue weighted by molar-refractivity contribution is -0.492. The van der Waals surface area contributed by atoms with Gasteiger partial charge in [-0.15, -0.1) is 11.3 Å². The lowest BCUT2D eigenvalue weighted by Crippen LogP contribution is -2.16. The molecule has 20 heavy (non-hydrogen) atoms. The summed E-state index contributed by atoms with van der Waals surface area (Å²) in [6, 6.07) is 4.11. The van der Waals surface area contributed by atoms with Gasteiger partial charge < -0.3 is 0 Å². The number of rotatable bonds is 5. The van der Waals surface area contributed by atoms with Crippen LogP contribution >= 0.6 is 22.9 Å². The first-order valence-electron chi connectivity index (χ1n) is 5.70. The molecule has 2 aromatic rings. The van der Waals surface area contributed by atoms with Crippen LogP contribution in [-0.2, 0) is 11.3 Å². The van der Waals surface area contributed by atoms with Gasteiger partial charge in [-0.2, -0.15) is 0 Å². The molecule has 2 N–H and O–H groups in total. The van der Waals surface area contributed by atoms with Crippen molar-refractivity contribution in [3.8, 4) is 10.6 Å². The zero-order chi connectivity index (χ0) is 14.7. The van der Waals surface area contributed by atoms with Gasteiger partial charge in [0.15, 0.2) is 0 Å². The van der Waals surface area contributed by atoms with Crippen molar-refractivity contribution in [2.75, 3.05) is 6.61 Å². The molecule has 2 rings (SSSR count). The molecule has 108 valence electrons. The van der Waals surface area contributed by atoms with Gasteiger partial charge in [-0.3, -0.25) is 15.3 Å². The zero-order valence-electron chi connectivity index (χ0n) is 10.5. The first-order chi connectivity index (χ1) is 9.47. The van der Waals surface area contributed by atoms with Crippen molar-refractivity contribution in [1.29, 1.82) is 0 Å². The fraction of sp³-hybridized carbons (Fsp3) is 0.250. The molecule has 0 amide bonds. The number of benzene rings is 1. The molecule has 0 aliphatic rings. The fourth-order valence-electron chi connectivity index (χ4n) is 1.66. The Balaban J connectivity index is 2.20. The van der Waals surface area contributed by atoms with Gasteiger partial charge in [0, 0.05) is 16.9 Å². The summed E-state index contributed by atoms with van der Waals surface area (Å²) in [5, 5.41) is 17.6. The van der Waals surface area contributed by atoms with Crippen molar-refractivity contribution in [3.05, 3.63) is 39.6 Å². The molecule has 1 aromatic heterocycles. The number of nitrogens with zero attached hydrogens (tertiary/aromatic N) is 2. The first kappa shape index (κ1) is 15.3. The van der Waals surface area contributed by atoms with E-state index in [0.29, 0.717) is 22.0 Å². The molecular weight excluding hydrogens is 307 g/mol. The van der Waals surface area contributed by atoms with E-state index in [0.717, 1.165) is 10.6 Å². The van der Waals surface area contributed by atoms with E-state index >= 15 is 0 Å². The molecule has 8 heteroatoms. The van der Waals surface area contributed by atoms with Crippen LogP contribution in [-0.4, -0.2) is 27.4 Å². The summed E-state index contributed by atoms with van der Waals surface area (Å²) in [5.74, 6) is -0.377. The topological polar surface area (TPSA) is 65.8 Å². The largest absolute Gasteiger partial charge is 0.266 e. The quantitative estimate of drug-likeness (QED) is 0.826. The molecule has 5 nitrogen and oxygen atoms in total. The summed E-state index contributed by atoms with van der Waals surface area (Å²) in [6.07, 6.45) is 0.452. The number of aromatic nitrogens is 1. The minimum Gasteiger partial charge on any atom is -0.266 e. The van der Waals surface area contributed by atoms with Gasteiger partial charge in [0.2, 0.25) is 0 Å². The Morgan fingerprint density at radius 2 is 2.20 bits per heavy atom. The molecule has 0 atom stereocenters. The second-order valence-electron chi connectivity index (χ2n) is 3.99. The van der Waals surface area contributed by atoms with Crippen LogP contribution in [0.4, 0.5) is 4.39 Å². The van der Waals surface area contributed by atoms with Crippen LogP contribution in [0.5, 0.6) is 0 Å². The van der Waals surface area contributed by atoms with Crippen LogP contribution in [0.15, 0.2) is 18.2 Å². The number of halogens is 2. The highest BCUT2D eigenvalue weighted by molar-refractivity contribution is 7.15. The van der Waals surface area contributed by atoms with E-state index < -0.39 is 0 Å². The molecule has 0 bridgehead atoms. The van der Waals surface area contributed by atoms with Gasteiger partial charge in [0.05, 0.1) is 22.7 Å². The number of aryl methyl sites for hydroxylation is 1. The van der Waals surface area contributed by atoms with Gasteiger partial charge in [0.1, 0.15) is 10.8 Å². The highest BCUT2D eigenvalue weighted by Gasteiger charge is 2.13. The van der Waals surface area contributed by atoms with Crippen LogP contribution in [0.2, 0.25) is 5.02 Å². The minimum absolute atomic E-state index is 0.0896. The molecule has 0 aliphatic heterocycles. The highest BCUT2D eigenvalue weighted by atomic mass is 35.5. The molecule has 1 aromatic carbocycles. The molecule has 0 unspecified atom stereocenters. The molecule has 1 heterocycles. The second kappa shape index (κ2) is 6.57. The maximum atomic E-state index is 13.3. The fourth-order valence-corrected chi connectivity index (χ4v) is 2.99. The number of hydrogen-bond donors (Lipinski definition) is 2. The molecule has 0 fully saturated rings. The number of thiazole rings is 1. The lowest BCUT2D eigenvalue weighted by atomic mass is 10.2. The van der Waals surface area contributed by atoms with E-state index in [1.54, 1.807) is 0 Å². The van der Waals surface area contributed by atoms with Crippen LogP contribution in [0, 0.1) is 12.7 Å². The van der Waals surface area contributed by atoms with E-state index in [9.17, 15) is 4.39 Å². The van der Waals surface area contributed by atoms with Crippen LogP contribution < -0.4 is 0 Å². The predicted octanol–water partition coefficient (Wildman–Crippen LogP) is 3.47. The van der Waals surface area contributed by atoms with Crippen molar-refractivity contribution in [2.45, 2.75) is 13.3 Å². The van der Waals surface area contributed by atoms with Gasteiger partial charge in [-0.1, -0.05) is 11.6 Å². The maximum absolute atomic E-state index is 13.3. The number of hydrogen-bond acceptors (Lipinski definition) is 6. The van der Waals surface area contributed by atoms with Crippen molar-refractivity contribution in [3.63, 3.8) is 0 Å². The Morgan fingerprint density at radius 1 is 1.45 bits per heavy atom. The summed E-state index contributed by atoms with van der Waals surface area (Å²) < 4.78 is 13.3. The van der Waals surface area contributed by atoms with E-state index in [-0.39, 0.29) is 17.8 Å². The second-order valence-corrected chi connectivity index (χ2v) is 5.48. The predicted molar refractivity (Wildman–Crippen MR) is 72.3 cm³/mol. The van der Waals surface area contributed by atoms with Gasteiger partial charge in [-0.25, -0.2) is 9.37 Å². The normalized spacial score (nSPS) is 11.3. The van der Waals surface area contributed by atoms with E-state index in [2.05, 4.69) is 9.82 Å². The summed E-state index contributed by atoms with van der Waals surface area (Å²) in [7, 11) is 0. The van der Waals surface area contributed by atoms with Crippen molar-refractivity contribution in [1.82, 2.24) is 10.4 Å². The third-order valence-corrected chi connectivity index (χ3v) is 4.17. The van der Waals surface area contributed by atoms with Crippen molar-refractivity contribution in [2.24, 2.45) is 0 Å². The van der Waals surface area contributed by atoms with E-state index in [1.165, 1.54) is 29.5 Å². The monoisotopic (exact) mass is 318 g/mol. The maximum Gasteiger partial charge on any atom is 0.125 e. The molecule has 0 aliphatic carbocycles. The summed E-state index contributed by atoms with van der Waals surface area (Å²) >= 11 is 7.40. The Hall–Kier alpha value is -1.09. The van der Waals surface area contributed by atoms with Crippen LogP contribution in [0.25, 0.3) is 10.6 Å². The highest BCUT2D eigenvalue weighted by Crippen LogP contribution is 2.33. The van der Waals surface area contributed by atoms with Gasteiger partial charge >= 0.3 is 0 Å². The Morgan fingerprint density at radius 3 is 2.90 bits per heavy atom. The summed E-state index contributed by atoms with van der Waals surface area (Å²) in [5.41, 5.74) is 1.31. The van der Waals surface area contributed by atoms with Crippen molar-refractivity contribution < 1.29 is 19.6 Å². The van der Waals surface area contributed by atoms with Crippen LogP contribution in [0.1, 0.15) is 10.6 Å². The first-order valence-corrected chi connectivity index (χ1v) is 6.89. The Bertz CT molecular complexity index is 606. The average molecular weight is 319 g/mol. The van der Waals surface area contributed by atoms with Crippen molar-refractivity contribution >= 4 is 22.9 Å². The third kappa shape index (κ3) is 3.72. The summed E-state index contributed by atoms with van der Waals surface area (Å²) in [6.45, 7) is 1.91. The molecule has 0 saturated heterocycles. The Kier molecular flexibility index (Phi) is 5.03. The van der Waals surface area contributed by atoms with E-state index in [1.807, 2.05) is 6.92 Å². The summed E-state index contributed by atoms with van der Waals surface area (Å²) in [4.78, 5) is 9.75. The minimum atomic E-state index is -0.377. The molecule has 0 spiro atoms. The smallest absolute Gasteiger partial charge is 0.125 e. The van der Waals surface area contributed by atoms with Crippen LogP contribution in [0.3, 0.4) is 0 Å². The van der Waals surface area contributed by atoms with Gasteiger partial charge in [0.25, 0.3) is 0 Å². The standard InChI is InChI=1S/C12H12ClFN2O3S/c1-7-11(4-5-19-16(17)18)20-12(15-7)9-6-8(14)2-3-10(9)13/h2-3,6,17-18H,4-5H2,1H3. The lowest BCUT2D eigenvalue weighted by Gasteiger charge is -2.04. The molecule has 0 saturated carbocycles. The third-order valence-electron chi connectivity index (χ3n) is 2.59. The van der Waals surface area contributed by atoms with E-state index in [4.69, 9.17) is 22.0 Å². The van der Waals surface area contributed by atoms with Gasteiger partial charge in [-0.05, 0) is 25.1 Å². The molecular formula is C12H12ClFN2O3S. The molecule has 0 radical (unpaired) electrons. The SMILES string of the molecule is Cc1nc(-c2cc(F)ccc2Cl)sc1CCON(O)O.